The monoisotopic (exact) mass is 420 g/mol. The van der Waals surface area contributed by atoms with Crippen molar-refractivity contribution in [3.05, 3.63) is 65.7 Å². The van der Waals surface area contributed by atoms with Gasteiger partial charge in [-0.2, -0.15) is 0 Å². The largest absolute Gasteiger partial charge is 0.489 e. The lowest BCUT2D eigenvalue weighted by molar-refractivity contribution is -0.143. The van der Waals surface area contributed by atoms with Crippen LogP contribution in [0.2, 0.25) is 0 Å². The van der Waals surface area contributed by atoms with Gasteiger partial charge in [0.25, 0.3) is 0 Å². The second kappa shape index (κ2) is 12.1. The first-order chi connectivity index (χ1) is 13.4. The van der Waals surface area contributed by atoms with Crippen molar-refractivity contribution in [3.8, 4) is 5.75 Å². The molecule has 0 heterocycles. The summed E-state index contributed by atoms with van der Waals surface area (Å²) in [7, 11) is 1.64. The number of rotatable bonds is 10. The quantitative estimate of drug-likeness (QED) is 0.637. The van der Waals surface area contributed by atoms with Crippen molar-refractivity contribution in [1.82, 2.24) is 9.80 Å². The summed E-state index contributed by atoms with van der Waals surface area (Å²) in [4.78, 5) is 26.8. The minimum atomic E-state index is -0.940. The number of hydrogen-bond acceptors (Lipinski definition) is 4. The van der Waals surface area contributed by atoms with Crippen LogP contribution in [0.4, 0.5) is 0 Å². The third-order valence-corrected chi connectivity index (χ3v) is 4.68. The van der Waals surface area contributed by atoms with Crippen LogP contribution >= 0.6 is 12.4 Å². The molecule has 1 N–H and O–H groups in total. The van der Waals surface area contributed by atoms with Crippen LogP contribution in [0.1, 0.15) is 25.0 Å². The molecule has 0 aliphatic carbocycles. The number of amides is 1. The van der Waals surface area contributed by atoms with Crippen molar-refractivity contribution in [2.24, 2.45) is 0 Å². The Bertz CT molecular complexity index is 768. The van der Waals surface area contributed by atoms with Gasteiger partial charge in [0.05, 0.1) is 6.54 Å². The summed E-state index contributed by atoms with van der Waals surface area (Å²) in [5.41, 5.74) is 2.10. The summed E-state index contributed by atoms with van der Waals surface area (Å²) in [6.07, 6.45) is 0. The molecule has 0 aliphatic rings. The number of carbonyl (C=O) groups is 2. The van der Waals surface area contributed by atoms with Gasteiger partial charge < -0.3 is 14.7 Å². The molecule has 0 aliphatic heterocycles. The zero-order valence-electron chi connectivity index (χ0n) is 17.1. The molecule has 0 saturated heterocycles. The van der Waals surface area contributed by atoms with Gasteiger partial charge in [-0.3, -0.25) is 14.5 Å². The molecule has 0 aromatic heterocycles. The van der Waals surface area contributed by atoms with Gasteiger partial charge in [-0.15, -0.1) is 12.4 Å². The molecule has 2 aromatic carbocycles. The van der Waals surface area contributed by atoms with Gasteiger partial charge in [0.2, 0.25) is 5.91 Å². The zero-order chi connectivity index (χ0) is 20.5. The first kappa shape index (κ1) is 24.5. The molecule has 0 fully saturated rings. The number of carboxylic acids is 1. The van der Waals surface area contributed by atoms with Gasteiger partial charge in [-0.05, 0) is 44.2 Å². The number of carbonyl (C=O) groups excluding carboxylic acids is 1. The molecule has 29 heavy (non-hydrogen) atoms. The van der Waals surface area contributed by atoms with Crippen LogP contribution in [0.15, 0.2) is 54.6 Å². The number of likely N-dealkylation sites (N-methyl/N-ethyl adjacent to an activating group) is 2. The van der Waals surface area contributed by atoms with Gasteiger partial charge in [-0.25, -0.2) is 0 Å². The van der Waals surface area contributed by atoms with Crippen LogP contribution < -0.4 is 4.74 Å². The lowest BCUT2D eigenvalue weighted by Gasteiger charge is -2.26. The van der Waals surface area contributed by atoms with E-state index in [1.165, 1.54) is 4.90 Å². The fourth-order valence-electron chi connectivity index (χ4n) is 2.67. The molecule has 7 heteroatoms. The van der Waals surface area contributed by atoms with Crippen LogP contribution in [-0.2, 0) is 22.7 Å². The Labute approximate surface area is 178 Å². The second-order valence-electron chi connectivity index (χ2n) is 6.76. The highest BCUT2D eigenvalue weighted by atomic mass is 35.5. The predicted octanol–water partition coefficient (Wildman–Crippen LogP) is 3.44. The maximum atomic E-state index is 12.5. The third kappa shape index (κ3) is 7.75. The van der Waals surface area contributed by atoms with E-state index in [0.717, 1.165) is 16.9 Å². The van der Waals surface area contributed by atoms with Crippen LogP contribution in [0.3, 0.4) is 0 Å². The molecule has 6 nitrogen and oxygen atoms in total. The van der Waals surface area contributed by atoms with Gasteiger partial charge in [-0.1, -0.05) is 42.5 Å². The molecule has 1 atom stereocenters. The molecule has 0 spiro atoms. The van der Waals surface area contributed by atoms with Crippen molar-refractivity contribution in [2.75, 3.05) is 20.1 Å². The second-order valence-corrected chi connectivity index (χ2v) is 6.76. The first-order valence-electron chi connectivity index (χ1n) is 9.37. The summed E-state index contributed by atoms with van der Waals surface area (Å²) in [5.74, 6) is -0.260. The van der Waals surface area contributed by atoms with E-state index in [1.807, 2.05) is 61.5 Å². The van der Waals surface area contributed by atoms with Gasteiger partial charge in [0.15, 0.2) is 0 Å². The molecule has 158 valence electrons. The molecule has 0 bridgehead atoms. The van der Waals surface area contributed by atoms with E-state index in [1.54, 1.807) is 18.9 Å². The van der Waals surface area contributed by atoms with Gasteiger partial charge in [0.1, 0.15) is 18.4 Å². The van der Waals surface area contributed by atoms with Crippen LogP contribution in [0, 0.1) is 0 Å². The number of hydrogen-bond donors (Lipinski definition) is 1. The highest BCUT2D eigenvalue weighted by molar-refractivity contribution is 5.85. The first-order valence-corrected chi connectivity index (χ1v) is 9.37. The van der Waals surface area contributed by atoms with Crippen molar-refractivity contribution in [1.29, 1.82) is 0 Å². The number of halogens is 1. The van der Waals surface area contributed by atoms with E-state index < -0.39 is 12.0 Å². The zero-order valence-corrected chi connectivity index (χ0v) is 17.9. The summed E-state index contributed by atoms with van der Waals surface area (Å²) in [6.45, 7) is 5.09. The highest BCUT2D eigenvalue weighted by Gasteiger charge is 2.21. The molecule has 0 radical (unpaired) electrons. The summed E-state index contributed by atoms with van der Waals surface area (Å²) >= 11 is 0. The average Bonchev–Trinajstić information content (AvgIpc) is 2.71. The Morgan fingerprint density at radius 2 is 1.66 bits per heavy atom. The summed E-state index contributed by atoms with van der Waals surface area (Å²) in [6, 6.07) is 16.9. The van der Waals surface area contributed by atoms with E-state index in [2.05, 4.69) is 0 Å². The van der Waals surface area contributed by atoms with Crippen LogP contribution in [-0.4, -0.2) is 53.0 Å². The van der Waals surface area contributed by atoms with E-state index >= 15 is 0 Å². The minimum Gasteiger partial charge on any atom is -0.489 e. The topological polar surface area (TPSA) is 70.1 Å². The van der Waals surface area contributed by atoms with E-state index in [-0.39, 0.29) is 24.9 Å². The SMILES string of the molecule is CCN(Cc1ccc(OCc2ccccc2)cc1)C(=O)CN(C)C(C)C(=O)O.Cl. The fourth-order valence-corrected chi connectivity index (χ4v) is 2.67. The molecule has 0 saturated carbocycles. The normalized spacial score (nSPS) is 11.4. The summed E-state index contributed by atoms with van der Waals surface area (Å²) in [5, 5.41) is 9.06. The number of carboxylic acid groups (broad SMARTS) is 1. The standard InChI is InChI=1S/C22H28N2O4.ClH/c1-4-24(21(25)15-23(3)17(2)22(26)27)14-18-10-12-20(13-11-18)28-16-19-8-6-5-7-9-19;/h5-13,17H,4,14-16H2,1-3H3,(H,26,27);1H. The maximum absolute atomic E-state index is 12.5. The molecular formula is C22H29ClN2O4. The van der Waals surface area contributed by atoms with E-state index in [9.17, 15) is 9.59 Å². The molecular weight excluding hydrogens is 392 g/mol. The van der Waals surface area contributed by atoms with E-state index in [0.29, 0.717) is 19.7 Å². The number of ether oxygens (including phenoxy) is 1. The number of nitrogens with zero attached hydrogens (tertiary/aromatic N) is 2. The Morgan fingerprint density at radius 3 is 2.21 bits per heavy atom. The Kier molecular flexibility index (Phi) is 10.2. The Hall–Kier alpha value is -2.57. The van der Waals surface area contributed by atoms with Crippen molar-refractivity contribution in [3.63, 3.8) is 0 Å². The molecule has 2 aromatic rings. The minimum absolute atomic E-state index is 0. The maximum Gasteiger partial charge on any atom is 0.320 e. The van der Waals surface area contributed by atoms with Crippen molar-refractivity contribution < 1.29 is 19.4 Å². The van der Waals surface area contributed by atoms with Gasteiger partial charge in [0, 0.05) is 13.1 Å². The lowest BCUT2D eigenvalue weighted by Crippen LogP contribution is -2.44. The van der Waals surface area contributed by atoms with Gasteiger partial charge >= 0.3 is 5.97 Å². The van der Waals surface area contributed by atoms with Crippen molar-refractivity contribution in [2.45, 2.75) is 33.0 Å². The summed E-state index contributed by atoms with van der Waals surface area (Å²) < 4.78 is 5.78. The Balaban J connectivity index is 0.00000420. The molecule has 2 rings (SSSR count). The molecule has 1 unspecified atom stereocenters. The van der Waals surface area contributed by atoms with Crippen molar-refractivity contribution >= 4 is 24.3 Å². The highest BCUT2D eigenvalue weighted by Crippen LogP contribution is 2.16. The van der Waals surface area contributed by atoms with Crippen LogP contribution in [0.25, 0.3) is 0 Å². The van der Waals surface area contributed by atoms with Crippen LogP contribution in [0.5, 0.6) is 5.75 Å². The fraction of sp³-hybridized carbons (Fsp3) is 0.364. The average molecular weight is 421 g/mol. The lowest BCUT2D eigenvalue weighted by atomic mass is 10.2. The van der Waals surface area contributed by atoms with E-state index in [4.69, 9.17) is 9.84 Å². The smallest absolute Gasteiger partial charge is 0.320 e. The molecule has 1 amide bonds. The Morgan fingerprint density at radius 1 is 1.03 bits per heavy atom. The number of benzene rings is 2. The predicted molar refractivity (Wildman–Crippen MR) is 115 cm³/mol. The number of aliphatic carboxylic acids is 1. The third-order valence-electron chi connectivity index (χ3n) is 4.68.